The minimum absolute atomic E-state index is 0.0615. The Hall–Kier alpha value is -2.50. The Morgan fingerprint density at radius 2 is 1.96 bits per heavy atom. The highest BCUT2D eigenvalue weighted by Crippen LogP contribution is 2.22. The number of hydrogen-bond acceptors (Lipinski definition) is 5. The van der Waals surface area contributed by atoms with E-state index in [4.69, 9.17) is 0 Å². The van der Waals surface area contributed by atoms with Gasteiger partial charge in [-0.3, -0.25) is 4.79 Å². The van der Waals surface area contributed by atoms with E-state index in [2.05, 4.69) is 25.6 Å². The summed E-state index contributed by atoms with van der Waals surface area (Å²) < 4.78 is 0. The molecule has 6 nitrogen and oxygen atoms in total. The third kappa shape index (κ3) is 4.07. The van der Waals surface area contributed by atoms with Crippen LogP contribution in [0.1, 0.15) is 48.7 Å². The first kappa shape index (κ1) is 16.4. The Kier molecular flexibility index (Phi) is 5.36. The molecule has 1 aliphatic carbocycles. The van der Waals surface area contributed by atoms with Crippen LogP contribution in [-0.2, 0) is 6.42 Å². The monoisotopic (exact) mass is 325 g/mol. The Labute approximate surface area is 142 Å². The van der Waals surface area contributed by atoms with E-state index in [1.807, 2.05) is 25.1 Å². The molecule has 24 heavy (non-hydrogen) atoms. The van der Waals surface area contributed by atoms with Crippen LogP contribution in [0.2, 0.25) is 0 Å². The van der Waals surface area contributed by atoms with Crippen molar-refractivity contribution in [2.45, 2.75) is 51.1 Å². The summed E-state index contributed by atoms with van der Waals surface area (Å²) in [5, 5.41) is 6.59. The third-order valence-corrected chi connectivity index (χ3v) is 4.45. The topological polar surface area (TPSA) is 79.8 Å². The average molecular weight is 325 g/mol. The van der Waals surface area contributed by atoms with Crippen LogP contribution in [-0.4, -0.2) is 32.9 Å². The van der Waals surface area contributed by atoms with E-state index in [9.17, 15) is 4.79 Å². The number of rotatable bonds is 5. The quantitative estimate of drug-likeness (QED) is 0.883. The zero-order chi connectivity index (χ0) is 16.8. The van der Waals surface area contributed by atoms with Crippen LogP contribution in [0.4, 0.5) is 5.82 Å². The molecule has 0 atom stereocenters. The summed E-state index contributed by atoms with van der Waals surface area (Å²) in [6.07, 6.45) is 9.59. The first-order valence-corrected chi connectivity index (χ1v) is 8.53. The summed E-state index contributed by atoms with van der Waals surface area (Å²) in [6.45, 7) is 1.99. The van der Waals surface area contributed by atoms with Crippen molar-refractivity contribution in [1.29, 1.82) is 0 Å². The fourth-order valence-electron chi connectivity index (χ4n) is 3.13. The van der Waals surface area contributed by atoms with Gasteiger partial charge in [-0.05, 0) is 44.2 Å². The Bertz CT molecular complexity index is 668. The average Bonchev–Trinajstić information content (AvgIpc) is 2.64. The van der Waals surface area contributed by atoms with E-state index in [0.29, 0.717) is 11.6 Å². The largest absolute Gasteiger partial charge is 0.367 e. The van der Waals surface area contributed by atoms with E-state index in [0.717, 1.165) is 43.6 Å². The van der Waals surface area contributed by atoms with E-state index < -0.39 is 0 Å². The molecule has 3 rings (SSSR count). The Morgan fingerprint density at radius 1 is 1.17 bits per heavy atom. The molecule has 1 saturated carbocycles. The van der Waals surface area contributed by atoms with Crippen molar-refractivity contribution in [3.63, 3.8) is 0 Å². The molecule has 0 bridgehead atoms. The van der Waals surface area contributed by atoms with E-state index in [-0.39, 0.29) is 11.9 Å². The zero-order valence-electron chi connectivity index (χ0n) is 13.9. The van der Waals surface area contributed by atoms with Gasteiger partial charge in [0, 0.05) is 24.5 Å². The summed E-state index contributed by atoms with van der Waals surface area (Å²) in [4.78, 5) is 24.9. The first-order chi connectivity index (χ1) is 11.8. The molecule has 0 saturated heterocycles. The molecular weight excluding hydrogens is 302 g/mol. The van der Waals surface area contributed by atoms with Gasteiger partial charge in [-0.15, -0.1) is 0 Å². The normalized spacial score (nSPS) is 20.4. The molecule has 2 heterocycles. The van der Waals surface area contributed by atoms with Gasteiger partial charge in [0.05, 0.1) is 11.3 Å². The molecular formula is C18H23N5O. The van der Waals surface area contributed by atoms with E-state index in [1.54, 1.807) is 12.4 Å². The highest BCUT2D eigenvalue weighted by molar-refractivity contribution is 5.95. The number of aryl methyl sites for hydroxylation is 1. The summed E-state index contributed by atoms with van der Waals surface area (Å²) in [5.74, 6) is 0.854. The van der Waals surface area contributed by atoms with Gasteiger partial charge >= 0.3 is 0 Å². The van der Waals surface area contributed by atoms with Crippen LogP contribution in [0.15, 0.2) is 36.9 Å². The standard InChI is InChI=1S/C18H23N5O/c1-2-16-15(11-19-12-21-16)18(24)23-14-8-6-13(7-9-14)22-17-5-3-4-10-20-17/h3-5,10-14H,2,6-9H2,1H3,(H,20,22)(H,23,24). The predicted octanol–water partition coefficient (Wildman–Crippen LogP) is 2.59. The summed E-state index contributed by atoms with van der Waals surface area (Å²) in [6, 6.07) is 6.50. The lowest BCUT2D eigenvalue weighted by Crippen LogP contribution is -2.40. The maximum Gasteiger partial charge on any atom is 0.254 e. The lowest BCUT2D eigenvalue weighted by molar-refractivity contribution is 0.0924. The van der Waals surface area contributed by atoms with E-state index >= 15 is 0 Å². The van der Waals surface area contributed by atoms with Gasteiger partial charge in [-0.1, -0.05) is 13.0 Å². The van der Waals surface area contributed by atoms with Crippen molar-refractivity contribution in [3.05, 3.63) is 48.2 Å². The van der Waals surface area contributed by atoms with Crippen LogP contribution in [0, 0.1) is 0 Å². The third-order valence-electron chi connectivity index (χ3n) is 4.45. The number of carbonyl (C=O) groups excluding carboxylic acids is 1. The number of pyridine rings is 1. The fraction of sp³-hybridized carbons (Fsp3) is 0.444. The molecule has 2 N–H and O–H groups in total. The fourth-order valence-corrected chi connectivity index (χ4v) is 3.13. The number of aromatic nitrogens is 3. The second-order valence-corrected chi connectivity index (χ2v) is 6.12. The maximum absolute atomic E-state index is 12.4. The number of nitrogens with one attached hydrogen (secondary N) is 2. The van der Waals surface area contributed by atoms with E-state index in [1.165, 1.54) is 6.33 Å². The van der Waals surface area contributed by atoms with Gasteiger partial charge in [0.15, 0.2) is 0 Å². The molecule has 1 amide bonds. The number of hydrogen-bond donors (Lipinski definition) is 2. The molecule has 0 aliphatic heterocycles. The highest BCUT2D eigenvalue weighted by Gasteiger charge is 2.23. The minimum atomic E-state index is -0.0615. The Balaban J connectivity index is 1.51. The van der Waals surface area contributed by atoms with Crippen molar-refractivity contribution in [3.8, 4) is 0 Å². The summed E-state index contributed by atoms with van der Waals surface area (Å²) in [5.41, 5.74) is 1.39. The van der Waals surface area contributed by atoms with Gasteiger partial charge < -0.3 is 10.6 Å². The van der Waals surface area contributed by atoms with Crippen LogP contribution in [0.3, 0.4) is 0 Å². The lowest BCUT2D eigenvalue weighted by Gasteiger charge is -2.30. The summed E-state index contributed by atoms with van der Waals surface area (Å²) >= 11 is 0. The Morgan fingerprint density at radius 3 is 2.67 bits per heavy atom. The molecule has 2 aromatic heterocycles. The predicted molar refractivity (Wildman–Crippen MR) is 92.8 cm³/mol. The van der Waals surface area contributed by atoms with Crippen molar-refractivity contribution < 1.29 is 4.79 Å². The lowest BCUT2D eigenvalue weighted by atomic mass is 9.91. The molecule has 0 aromatic carbocycles. The van der Waals surface area contributed by atoms with Gasteiger partial charge in [0.25, 0.3) is 5.91 Å². The van der Waals surface area contributed by atoms with Crippen LogP contribution >= 0.6 is 0 Å². The molecule has 1 aliphatic rings. The summed E-state index contributed by atoms with van der Waals surface area (Å²) in [7, 11) is 0. The molecule has 2 aromatic rings. The SMILES string of the molecule is CCc1ncncc1C(=O)NC1CCC(Nc2ccccn2)CC1. The second-order valence-electron chi connectivity index (χ2n) is 6.12. The second kappa shape index (κ2) is 7.86. The first-order valence-electron chi connectivity index (χ1n) is 8.53. The molecule has 6 heteroatoms. The van der Waals surface area contributed by atoms with Gasteiger partial charge in [-0.25, -0.2) is 15.0 Å². The maximum atomic E-state index is 12.4. The molecule has 1 fully saturated rings. The zero-order valence-corrected chi connectivity index (χ0v) is 13.9. The van der Waals surface area contributed by atoms with Gasteiger partial charge in [0.2, 0.25) is 0 Å². The number of carbonyl (C=O) groups is 1. The van der Waals surface area contributed by atoms with Gasteiger partial charge in [0.1, 0.15) is 12.1 Å². The number of anilines is 1. The molecule has 0 radical (unpaired) electrons. The van der Waals surface area contributed by atoms with Crippen LogP contribution < -0.4 is 10.6 Å². The smallest absolute Gasteiger partial charge is 0.254 e. The van der Waals surface area contributed by atoms with Crippen molar-refractivity contribution in [1.82, 2.24) is 20.3 Å². The molecule has 126 valence electrons. The molecule has 0 spiro atoms. The van der Waals surface area contributed by atoms with Crippen LogP contribution in [0.5, 0.6) is 0 Å². The minimum Gasteiger partial charge on any atom is -0.367 e. The van der Waals surface area contributed by atoms with Crippen molar-refractivity contribution in [2.75, 3.05) is 5.32 Å². The van der Waals surface area contributed by atoms with Crippen molar-refractivity contribution in [2.24, 2.45) is 0 Å². The number of amides is 1. The van der Waals surface area contributed by atoms with Gasteiger partial charge in [-0.2, -0.15) is 0 Å². The number of nitrogens with zero attached hydrogens (tertiary/aromatic N) is 3. The van der Waals surface area contributed by atoms with Crippen LogP contribution in [0.25, 0.3) is 0 Å². The highest BCUT2D eigenvalue weighted by atomic mass is 16.1. The molecule has 0 unspecified atom stereocenters. The van der Waals surface area contributed by atoms with Crippen molar-refractivity contribution >= 4 is 11.7 Å².